The Kier molecular flexibility index (Phi) is 22.4. The van der Waals surface area contributed by atoms with Gasteiger partial charge >= 0.3 is 5.97 Å². The van der Waals surface area contributed by atoms with Gasteiger partial charge in [-0.15, -0.1) is 0 Å². The minimum atomic E-state index is -5.33. The van der Waals surface area contributed by atoms with E-state index in [1.165, 1.54) is 19.2 Å². The molecular weight excluding hydrogens is 1190 g/mol. The molecule has 6 rings (SSSR count). The van der Waals surface area contributed by atoms with Crippen LogP contribution in [0.3, 0.4) is 0 Å². The largest absolute Gasteiger partial charge is 0.744 e. The van der Waals surface area contributed by atoms with E-state index in [2.05, 4.69) is 0 Å². The lowest BCUT2D eigenvalue weighted by atomic mass is 9.74. The van der Waals surface area contributed by atoms with Crippen LogP contribution in [0.2, 0.25) is 0 Å². The van der Waals surface area contributed by atoms with Gasteiger partial charge in [0.2, 0.25) is 5.69 Å². The minimum Gasteiger partial charge on any atom is -0.744 e. The van der Waals surface area contributed by atoms with Crippen molar-refractivity contribution >= 4 is 95.2 Å². The number of unbranched alkanes of at least 4 members (excludes halogenated alkanes) is 2. The van der Waals surface area contributed by atoms with E-state index in [1.807, 2.05) is 16.4 Å². The number of nitrogens with zero attached hydrogens (tertiary/aromatic N) is 2. The van der Waals surface area contributed by atoms with Gasteiger partial charge in [-0.2, -0.15) is 38.2 Å². The smallest absolute Gasteiger partial charge is 0.303 e. The number of carboxylic acids is 1. The Bertz CT molecular complexity index is 3820. The van der Waals surface area contributed by atoms with Crippen LogP contribution >= 0.6 is 0 Å². The lowest BCUT2D eigenvalue weighted by Crippen LogP contribution is -2.32. The zero-order valence-corrected chi connectivity index (χ0v) is 50.1. The van der Waals surface area contributed by atoms with Gasteiger partial charge in [0.15, 0.2) is 12.3 Å². The number of ether oxygens (including phenoxy) is 5. The molecule has 0 saturated heterocycles. The number of hydrogen-bond donors (Lipinski definition) is 5. The van der Waals surface area contributed by atoms with Crippen LogP contribution in [-0.2, 0) is 89.9 Å². The molecule has 4 aromatic rings. The Morgan fingerprint density at radius 3 is 1.73 bits per heavy atom. The maximum atomic E-state index is 12.8. The van der Waals surface area contributed by atoms with Crippen LogP contribution in [0.15, 0.2) is 116 Å². The van der Waals surface area contributed by atoms with Gasteiger partial charge in [0.25, 0.3) is 40.5 Å². The molecule has 0 aliphatic carbocycles. The normalized spacial score (nSPS) is 18.6. The summed E-state index contributed by atoms with van der Waals surface area (Å²) in [5.41, 5.74) is 0.401. The SMILES string of the molecule is COCCOCCOCCOCCC1(C)\C(=C/C=C/C=C/C=C/C2=[N+](CCOC)c3ccc4c(S(=O)(=O)O)cc(S(=O)(=O)O)cc4c3C2(C)CCCS(=O)(=O)O)N(CCCCCC(=O)O)c2ccc3c(S(=O)(=O)[O-])cc(S(=O)(=O)O)cc3c21. The fourth-order valence-corrected chi connectivity index (χ4v) is 13.8. The molecule has 2 aliphatic rings. The Balaban J connectivity index is 1.44. The van der Waals surface area contributed by atoms with Gasteiger partial charge in [-0.1, -0.05) is 42.9 Å². The quantitative estimate of drug-likeness (QED) is 0.0150. The molecule has 0 aromatic heterocycles. The molecule has 2 heterocycles. The highest BCUT2D eigenvalue weighted by Gasteiger charge is 2.49. The van der Waals surface area contributed by atoms with Crippen molar-refractivity contribution < 1.29 is 103 Å². The fraction of sp³-hybridized carbons (Fsp3) is 0.444. The number of benzene rings is 4. The standard InChI is InChI=1S/C54H68N2O22S5/c1-53(21-13-33-79(59,60)61)48(56(24-26-74-3)45-20-18-40-42(51(45)53)34-38(80(62,63)64)36-46(40)82(68,69)70)14-9-6-5-7-10-15-49-54(2,22-25-76-29-30-78-32-31-77-28-27-75-4)52-43-35-39(81(65,66)67)37-47(83(71,72)73)41(43)17-19-44(52)55(49)23-12-8-11-16-50(57)58/h5-7,9-10,14-15,17-20,34-37H,8,11-13,16,21-33H2,1-4H3,(H5-,57,58,59,60,61,62,63,64,65,66,67,68,69,70,71,72,73). The highest BCUT2D eigenvalue weighted by atomic mass is 32.2. The first kappa shape index (κ1) is 66.8. The van der Waals surface area contributed by atoms with Gasteiger partial charge in [0, 0.05) is 73.7 Å². The van der Waals surface area contributed by atoms with Gasteiger partial charge in [-0.3, -0.25) is 23.0 Å². The number of rotatable bonds is 33. The molecule has 0 saturated carbocycles. The maximum Gasteiger partial charge on any atom is 0.303 e. The molecule has 29 heteroatoms. The zero-order chi connectivity index (χ0) is 61.2. The first-order valence-electron chi connectivity index (χ1n) is 26.0. The molecule has 24 nitrogen and oxygen atoms in total. The van der Waals surface area contributed by atoms with E-state index >= 15 is 0 Å². The fourth-order valence-electron chi connectivity index (χ4n) is 10.7. The lowest BCUT2D eigenvalue weighted by molar-refractivity contribution is -0.441. The molecule has 0 radical (unpaired) electrons. The second kappa shape index (κ2) is 27.8. The number of hydrogen-bond acceptors (Lipinski definition) is 18. The second-order valence-electron chi connectivity index (χ2n) is 20.0. The predicted molar refractivity (Wildman–Crippen MR) is 305 cm³/mol. The number of carbonyl (C=O) groups is 1. The monoisotopic (exact) mass is 1260 g/mol. The summed E-state index contributed by atoms with van der Waals surface area (Å²) in [6.07, 6.45) is 13.1. The van der Waals surface area contributed by atoms with Crippen molar-refractivity contribution in [3.63, 3.8) is 0 Å². The predicted octanol–water partition coefficient (Wildman–Crippen LogP) is 6.37. The van der Waals surface area contributed by atoms with Crippen LogP contribution in [-0.4, -0.2) is 172 Å². The van der Waals surface area contributed by atoms with E-state index in [9.17, 15) is 74.8 Å². The van der Waals surface area contributed by atoms with Crippen molar-refractivity contribution in [1.82, 2.24) is 0 Å². The third-order valence-electron chi connectivity index (χ3n) is 14.4. The topological polar surface area (TPSA) is 364 Å². The van der Waals surface area contributed by atoms with Crippen molar-refractivity contribution in [2.75, 3.05) is 90.8 Å². The number of methoxy groups -OCH3 is 2. The molecule has 2 aliphatic heterocycles. The van der Waals surface area contributed by atoms with E-state index in [0.29, 0.717) is 98.3 Å². The summed E-state index contributed by atoms with van der Waals surface area (Å²) in [6.45, 7) is 6.04. The van der Waals surface area contributed by atoms with Gasteiger partial charge in [0.05, 0.1) is 65.5 Å². The summed E-state index contributed by atoms with van der Waals surface area (Å²) in [5.74, 6) is -1.64. The van der Waals surface area contributed by atoms with Crippen LogP contribution in [0.4, 0.5) is 11.4 Å². The molecule has 0 bridgehead atoms. The van der Waals surface area contributed by atoms with Crippen molar-refractivity contribution in [2.24, 2.45) is 0 Å². The summed E-state index contributed by atoms with van der Waals surface area (Å²) in [5, 5.41) is 9.21. The van der Waals surface area contributed by atoms with Crippen molar-refractivity contribution in [1.29, 1.82) is 0 Å². The average Bonchev–Trinajstić information content (AvgIpc) is 3.84. The highest BCUT2D eigenvalue weighted by molar-refractivity contribution is 7.87. The molecule has 0 amide bonds. The summed E-state index contributed by atoms with van der Waals surface area (Å²) in [7, 11) is -22.0. The van der Waals surface area contributed by atoms with Crippen molar-refractivity contribution in [2.45, 2.75) is 89.2 Å². The molecule has 5 N–H and O–H groups in total. The number of carboxylic acid groups (broad SMARTS) is 1. The maximum absolute atomic E-state index is 12.8. The van der Waals surface area contributed by atoms with Crippen molar-refractivity contribution in [3.8, 4) is 0 Å². The number of aliphatic carboxylic acids is 1. The van der Waals surface area contributed by atoms with Gasteiger partial charge in [-0.05, 0) is 110 Å². The van der Waals surface area contributed by atoms with Crippen LogP contribution in [0.5, 0.6) is 0 Å². The third-order valence-corrected chi connectivity index (χ3v) is 18.6. The second-order valence-corrected chi connectivity index (χ2v) is 27.2. The number of fused-ring (bicyclic) bond motifs is 6. The Morgan fingerprint density at radius 1 is 0.602 bits per heavy atom. The molecule has 456 valence electrons. The van der Waals surface area contributed by atoms with E-state index in [0.717, 1.165) is 12.1 Å². The number of allylic oxidation sites excluding steroid dienone is 8. The van der Waals surface area contributed by atoms with E-state index < -0.39 is 92.7 Å². The molecule has 2 atom stereocenters. The Labute approximate surface area is 483 Å². The molecule has 0 spiro atoms. The summed E-state index contributed by atoms with van der Waals surface area (Å²) >= 11 is 0. The molecule has 83 heavy (non-hydrogen) atoms. The zero-order valence-electron chi connectivity index (χ0n) is 46.0. The molecule has 0 fully saturated rings. The lowest BCUT2D eigenvalue weighted by Gasteiger charge is -2.31. The van der Waals surface area contributed by atoms with Crippen LogP contribution in [0.1, 0.15) is 69.9 Å². The average molecular weight is 1260 g/mol. The van der Waals surface area contributed by atoms with Crippen LogP contribution in [0, 0.1) is 0 Å². The highest BCUT2D eigenvalue weighted by Crippen LogP contribution is 2.54. The van der Waals surface area contributed by atoms with E-state index in [4.69, 9.17) is 23.7 Å². The van der Waals surface area contributed by atoms with Gasteiger partial charge < -0.3 is 38.2 Å². The van der Waals surface area contributed by atoms with Crippen LogP contribution < -0.4 is 4.90 Å². The Hall–Kier alpha value is -5.35. The van der Waals surface area contributed by atoms with E-state index in [1.54, 1.807) is 68.7 Å². The summed E-state index contributed by atoms with van der Waals surface area (Å²) in [6, 6.07) is 9.35. The van der Waals surface area contributed by atoms with Crippen molar-refractivity contribution in [3.05, 3.63) is 108 Å². The number of anilines is 1. The molecule has 4 aromatic carbocycles. The molecule has 2 unspecified atom stereocenters. The van der Waals surface area contributed by atoms with E-state index in [-0.39, 0.29) is 80.2 Å². The first-order chi connectivity index (χ1) is 38.9. The summed E-state index contributed by atoms with van der Waals surface area (Å²) in [4.78, 5) is 10.0. The Morgan fingerprint density at radius 2 is 1.16 bits per heavy atom. The van der Waals surface area contributed by atoms with Gasteiger partial charge in [0.1, 0.15) is 21.6 Å². The van der Waals surface area contributed by atoms with Crippen LogP contribution in [0.25, 0.3) is 21.5 Å². The third kappa shape index (κ3) is 16.6. The van der Waals surface area contributed by atoms with Gasteiger partial charge in [-0.25, -0.2) is 8.42 Å². The summed E-state index contributed by atoms with van der Waals surface area (Å²) < 4.78 is 208. The molecular formula is C54H68N2O22S5. The first-order valence-corrected chi connectivity index (χ1v) is 33.4. The minimum absolute atomic E-state index is 0.00575.